The predicted molar refractivity (Wildman–Crippen MR) is 120 cm³/mol. The van der Waals surface area contributed by atoms with Crippen molar-refractivity contribution < 1.29 is 0 Å². The van der Waals surface area contributed by atoms with Crippen LogP contribution in [0.25, 0.3) is 5.65 Å². The topological polar surface area (TPSA) is 78.6 Å². The third kappa shape index (κ3) is 4.62. The number of nitrogens with one attached hydrogen (secondary N) is 3. The molecule has 1 aliphatic carbocycles. The normalized spacial score (nSPS) is 17.2. The number of fused-ring (bicyclic) bond motifs is 1. The van der Waals surface area contributed by atoms with E-state index in [1.807, 2.05) is 28.8 Å². The second kappa shape index (κ2) is 9.26. The van der Waals surface area contributed by atoms with Crippen molar-refractivity contribution in [3.05, 3.63) is 66.1 Å². The second-order valence-electron chi connectivity index (χ2n) is 8.09. The molecular weight excluding hydrogens is 374 g/mol. The quantitative estimate of drug-likeness (QED) is 0.416. The van der Waals surface area contributed by atoms with E-state index in [2.05, 4.69) is 68.4 Å². The summed E-state index contributed by atoms with van der Waals surface area (Å²) in [7, 11) is 1.80. The van der Waals surface area contributed by atoms with E-state index in [0.717, 1.165) is 24.0 Å². The molecule has 4 rings (SSSR count). The number of rotatable bonds is 7. The van der Waals surface area contributed by atoms with Gasteiger partial charge in [0.25, 0.3) is 0 Å². The Hall–Kier alpha value is -2.93. The summed E-state index contributed by atoms with van der Waals surface area (Å²) < 4.78 is 1.99. The van der Waals surface area contributed by atoms with Crippen molar-refractivity contribution in [2.24, 2.45) is 4.99 Å². The molecule has 3 aromatic rings. The van der Waals surface area contributed by atoms with Gasteiger partial charge in [0, 0.05) is 31.4 Å². The van der Waals surface area contributed by atoms with E-state index >= 15 is 0 Å². The Kier molecular flexibility index (Phi) is 6.28. The molecule has 1 saturated carbocycles. The van der Waals surface area contributed by atoms with Crippen LogP contribution in [0.15, 0.2) is 59.7 Å². The van der Waals surface area contributed by atoms with E-state index in [1.165, 1.54) is 31.2 Å². The van der Waals surface area contributed by atoms with Crippen molar-refractivity contribution >= 4 is 11.6 Å². The van der Waals surface area contributed by atoms with E-state index in [9.17, 15) is 0 Å². The number of guanidine groups is 1. The van der Waals surface area contributed by atoms with Crippen LogP contribution >= 0.6 is 0 Å². The zero-order valence-corrected chi connectivity index (χ0v) is 17.8. The van der Waals surface area contributed by atoms with Gasteiger partial charge in [0.05, 0.1) is 6.54 Å². The van der Waals surface area contributed by atoms with E-state index in [-0.39, 0.29) is 5.54 Å². The van der Waals surface area contributed by atoms with Crippen LogP contribution in [0, 0.1) is 0 Å². The first-order chi connectivity index (χ1) is 14.7. The lowest BCUT2D eigenvalue weighted by atomic mass is 9.94. The summed E-state index contributed by atoms with van der Waals surface area (Å²) in [5.41, 5.74) is 2.25. The fourth-order valence-corrected chi connectivity index (χ4v) is 4.36. The summed E-state index contributed by atoms with van der Waals surface area (Å²) >= 11 is 0. The molecule has 7 heteroatoms. The highest BCUT2D eigenvalue weighted by Gasteiger charge is 2.35. The molecule has 0 bridgehead atoms. The molecule has 1 aromatic carbocycles. The van der Waals surface area contributed by atoms with Gasteiger partial charge >= 0.3 is 0 Å². The Morgan fingerprint density at radius 2 is 1.83 bits per heavy atom. The second-order valence-corrected chi connectivity index (χ2v) is 8.09. The number of pyridine rings is 1. The molecule has 7 nitrogen and oxygen atoms in total. The summed E-state index contributed by atoms with van der Waals surface area (Å²) in [4.78, 5) is 4.41. The SMILES string of the molecule is CN=C(NCc1nnc2ccccn12)NCC1(NC(C)c2ccccc2)CCCC1. The minimum atomic E-state index is 0.0778. The molecule has 0 amide bonds. The Bertz CT molecular complexity index is 973. The zero-order chi connectivity index (χ0) is 20.8. The third-order valence-corrected chi connectivity index (χ3v) is 6.00. The molecule has 0 spiro atoms. The average Bonchev–Trinajstić information content (AvgIpc) is 3.42. The van der Waals surface area contributed by atoms with Crippen molar-refractivity contribution in [3.8, 4) is 0 Å². The van der Waals surface area contributed by atoms with Gasteiger partial charge in [-0.2, -0.15) is 0 Å². The highest BCUT2D eigenvalue weighted by atomic mass is 15.3. The molecule has 3 N–H and O–H groups in total. The molecule has 30 heavy (non-hydrogen) atoms. The van der Waals surface area contributed by atoms with Crippen molar-refractivity contribution in [2.75, 3.05) is 13.6 Å². The van der Waals surface area contributed by atoms with Crippen molar-refractivity contribution in [1.82, 2.24) is 30.5 Å². The first-order valence-electron chi connectivity index (χ1n) is 10.7. The summed E-state index contributed by atoms with van der Waals surface area (Å²) in [5, 5.41) is 19.3. The minimum absolute atomic E-state index is 0.0778. The summed E-state index contributed by atoms with van der Waals surface area (Å²) in [6, 6.07) is 16.9. The highest BCUT2D eigenvalue weighted by molar-refractivity contribution is 5.79. The number of hydrogen-bond acceptors (Lipinski definition) is 4. The van der Waals surface area contributed by atoms with Crippen LogP contribution in [-0.4, -0.2) is 39.7 Å². The first kappa shape index (κ1) is 20.3. The average molecular weight is 406 g/mol. The summed E-state index contributed by atoms with van der Waals surface area (Å²) in [6.07, 6.45) is 6.83. The predicted octanol–water partition coefficient (Wildman–Crippen LogP) is 3.06. The minimum Gasteiger partial charge on any atom is -0.355 e. The van der Waals surface area contributed by atoms with Gasteiger partial charge in [0.15, 0.2) is 17.4 Å². The van der Waals surface area contributed by atoms with Crippen LogP contribution in [-0.2, 0) is 6.54 Å². The third-order valence-electron chi connectivity index (χ3n) is 6.00. The summed E-state index contributed by atoms with van der Waals surface area (Å²) in [6.45, 7) is 3.65. The van der Waals surface area contributed by atoms with Gasteiger partial charge in [-0.25, -0.2) is 0 Å². The van der Waals surface area contributed by atoms with E-state index < -0.39 is 0 Å². The molecule has 2 aromatic heterocycles. The van der Waals surface area contributed by atoms with Gasteiger partial charge in [-0.3, -0.25) is 9.39 Å². The molecule has 2 heterocycles. The Morgan fingerprint density at radius 1 is 1.07 bits per heavy atom. The largest absolute Gasteiger partial charge is 0.355 e. The maximum absolute atomic E-state index is 4.41. The van der Waals surface area contributed by atoms with Gasteiger partial charge in [-0.15, -0.1) is 10.2 Å². The van der Waals surface area contributed by atoms with Crippen molar-refractivity contribution in [3.63, 3.8) is 0 Å². The van der Waals surface area contributed by atoms with Gasteiger partial charge in [0.1, 0.15) is 0 Å². The van der Waals surface area contributed by atoms with Crippen LogP contribution in [0.1, 0.15) is 50.0 Å². The van der Waals surface area contributed by atoms with Crippen LogP contribution < -0.4 is 16.0 Å². The number of benzene rings is 1. The van der Waals surface area contributed by atoms with Crippen LogP contribution in [0.2, 0.25) is 0 Å². The molecule has 0 aliphatic heterocycles. The Labute approximate surface area is 178 Å². The molecule has 1 fully saturated rings. The number of nitrogens with zero attached hydrogens (tertiary/aromatic N) is 4. The Morgan fingerprint density at radius 3 is 2.60 bits per heavy atom. The lowest BCUT2D eigenvalue weighted by Gasteiger charge is -2.34. The lowest BCUT2D eigenvalue weighted by molar-refractivity contribution is 0.297. The lowest BCUT2D eigenvalue weighted by Crippen LogP contribution is -2.54. The number of aliphatic imine (C=N–C) groups is 1. The van der Waals surface area contributed by atoms with Gasteiger partial charge in [-0.1, -0.05) is 49.2 Å². The first-order valence-corrected chi connectivity index (χ1v) is 10.7. The van der Waals surface area contributed by atoms with E-state index in [0.29, 0.717) is 12.6 Å². The van der Waals surface area contributed by atoms with Gasteiger partial charge in [-0.05, 0) is 37.5 Å². The van der Waals surface area contributed by atoms with Crippen molar-refractivity contribution in [1.29, 1.82) is 0 Å². The fourth-order valence-electron chi connectivity index (χ4n) is 4.36. The van der Waals surface area contributed by atoms with Crippen LogP contribution in [0.5, 0.6) is 0 Å². The van der Waals surface area contributed by atoms with E-state index in [4.69, 9.17) is 0 Å². The molecule has 1 aliphatic rings. The van der Waals surface area contributed by atoms with Crippen molar-refractivity contribution in [2.45, 2.75) is 50.7 Å². The van der Waals surface area contributed by atoms with Crippen LogP contribution in [0.4, 0.5) is 0 Å². The zero-order valence-electron chi connectivity index (χ0n) is 17.8. The molecule has 0 radical (unpaired) electrons. The van der Waals surface area contributed by atoms with Gasteiger partial charge in [0.2, 0.25) is 0 Å². The Balaban J connectivity index is 1.36. The molecule has 158 valence electrons. The van der Waals surface area contributed by atoms with Gasteiger partial charge < -0.3 is 16.0 Å². The smallest absolute Gasteiger partial charge is 0.191 e. The molecular formula is C23H31N7. The number of aromatic nitrogens is 3. The van der Waals surface area contributed by atoms with Crippen LogP contribution in [0.3, 0.4) is 0 Å². The maximum Gasteiger partial charge on any atom is 0.191 e. The van der Waals surface area contributed by atoms with E-state index in [1.54, 1.807) is 7.05 Å². The molecule has 1 atom stereocenters. The summed E-state index contributed by atoms with van der Waals surface area (Å²) in [5.74, 6) is 1.64. The maximum atomic E-state index is 4.41. The molecule has 0 saturated heterocycles. The molecule has 1 unspecified atom stereocenters. The number of hydrogen-bond donors (Lipinski definition) is 3. The monoisotopic (exact) mass is 405 g/mol. The highest BCUT2D eigenvalue weighted by Crippen LogP contribution is 2.31. The fraction of sp³-hybridized carbons (Fsp3) is 0.435. The standard InChI is InChI=1S/C23H31N7/c1-18(19-10-4-3-5-11-19)27-23(13-7-8-14-23)17-26-22(24-2)25-16-21-29-28-20-12-6-9-15-30(20)21/h3-6,9-12,15,18,27H,7-8,13-14,16-17H2,1-2H3,(H2,24,25,26).